The summed E-state index contributed by atoms with van der Waals surface area (Å²) in [5.41, 5.74) is 1.82. The van der Waals surface area contributed by atoms with Crippen LogP contribution in [0.1, 0.15) is 61.5 Å². The van der Waals surface area contributed by atoms with Crippen LogP contribution in [0.3, 0.4) is 0 Å². The number of rotatable bonds is 8. The zero-order valence-corrected chi connectivity index (χ0v) is 16.4. The standard InChI is InChI=1S/C18H30N2O3S/c1-12(2)8-7-9-14(4)20-18(21)16-10-13(3)15(5)17(11-16)24(22,23)19-6/h10-12,14,19H,7-9H2,1-6H3,(H,20,21)/t14-/m1/s1. The largest absolute Gasteiger partial charge is 0.350 e. The van der Waals surface area contributed by atoms with Gasteiger partial charge in [0, 0.05) is 11.6 Å². The predicted molar refractivity (Wildman–Crippen MR) is 97.8 cm³/mol. The van der Waals surface area contributed by atoms with Gasteiger partial charge < -0.3 is 5.32 Å². The van der Waals surface area contributed by atoms with Gasteiger partial charge in [0.15, 0.2) is 0 Å². The first-order chi connectivity index (χ1) is 11.1. The second-order valence-electron chi connectivity index (χ2n) is 6.82. The number of hydrogen-bond donors (Lipinski definition) is 2. The zero-order valence-electron chi connectivity index (χ0n) is 15.6. The lowest BCUT2D eigenvalue weighted by Crippen LogP contribution is -2.33. The predicted octanol–water partition coefficient (Wildman–Crippen LogP) is 3.16. The Balaban J connectivity index is 2.92. The van der Waals surface area contributed by atoms with E-state index in [-0.39, 0.29) is 16.8 Å². The highest BCUT2D eigenvalue weighted by atomic mass is 32.2. The van der Waals surface area contributed by atoms with Crippen molar-refractivity contribution < 1.29 is 13.2 Å². The zero-order chi connectivity index (χ0) is 18.5. The van der Waals surface area contributed by atoms with Gasteiger partial charge in [-0.25, -0.2) is 13.1 Å². The number of carbonyl (C=O) groups is 1. The van der Waals surface area contributed by atoms with Gasteiger partial charge >= 0.3 is 0 Å². The smallest absolute Gasteiger partial charge is 0.251 e. The van der Waals surface area contributed by atoms with E-state index in [1.54, 1.807) is 13.0 Å². The quantitative estimate of drug-likeness (QED) is 0.753. The van der Waals surface area contributed by atoms with Gasteiger partial charge in [0.1, 0.15) is 0 Å². The highest BCUT2D eigenvalue weighted by molar-refractivity contribution is 7.89. The van der Waals surface area contributed by atoms with Gasteiger partial charge in [0.25, 0.3) is 5.91 Å². The average molecular weight is 355 g/mol. The molecule has 6 heteroatoms. The molecule has 0 aliphatic heterocycles. The molecule has 0 radical (unpaired) electrons. The van der Waals surface area contributed by atoms with Crippen LogP contribution in [0.25, 0.3) is 0 Å². The molecule has 0 aromatic heterocycles. The Labute approximate surface area is 146 Å². The minimum absolute atomic E-state index is 0.0576. The maximum Gasteiger partial charge on any atom is 0.251 e. The SMILES string of the molecule is CNS(=O)(=O)c1cc(C(=O)N[C@H](C)CCCC(C)C)cc(C)c1C. The monoisotopic (exact) mass is 354 g/mol. The molecule has 24 heavy (non-hydrogen) atoms. The van der Waals surface area contributed by atoms with Crippen LogP contribution in [0.4, 0.5) is 0 Å². The van der Waals surface area contributed by atoms with Crippen molar-refractivity contribution >= 4 is 15.9 Å². The second-order valence-corrected chi connectivity index (χ2v) is 8.68. The average Bonchev–Trinajstić information content (AvgIpc) is 2.49. The Kier molecular flexibility index (Phi) is 7.42. The van der Waals surface area contributed by atoms with Crippen molar-refractivity contribution in [3.63, 3.8) is 0 Å². The van der Waals surface area contributed by atoms with E-state index in [4.69, 9.17) is 0 Å². The van der Waals surface area contributed by atoms with Gasteiger partial charge in [0.05, 0.1) is 4.90 Å². The molecule has 0 unspecified atom stereocenters. The Morgan fingerprint density at radius 3 is 2.29 bits per heavy atom. The molecule has 2 N–H and O–H groups in total. The summed E-state index contributed by atoms with van der Waals surface area (Å²) in [6.07, 6.45) is 3.11. The molecule has 0 bridgehead atoms. The minimum atomic E-state index is -3.59. The van der Waals surface area contributed by atoms with Crippen molar-refractivity contribution in [1.82, 2.24) is 10.0 Å². The van der Waals surface area contributed by atoms with Crippen molar-refractivity contribution in [1.29, 1.82) is 0 Å². The first kappa shape index (κ1) is 20.6. The van der Waals surface area contributed by atoms with Crippen molar-refractivity contribution in [3.05, 3.63) is 28.8 Å². The second kappa shape index (κ2) is 8.62. The molecular formula is C18H30N2O3S. The molecule has 1 aromatic carbocycles. The van der Waals surface area contributed by atoms with Gasteiger partial charge in [-0.05, 0) is 63.4 Å². The highest BCUT2D eigenvalue weighted by Crippen LogP contribution is 2.21. The van der Waals surface area contributed by atoms with Gasteiger partial charge in [-0.2, -0.15) is 0 Å². The number of aryl methyl sites for hydroxylation is 1. The van der Waals surface area contributed by atoms with Gasteiger partial charge in [0.2, 0.25) is 10.0 Å². The van der Waals surface area contributed by atoms with E-state index < -0.39 is 10.0 Å². The molecule has 0 heterocycles. The Morgan fingerprint density at radius 2 is 1.75 bits per heavy atom. The third-order valence-corrected chi connectivity index (χ3v) is 5.78. The number of benzene rings is 1. The van der Waals surface area contributed by atoms with Gasteiger partial charge in [-0.1, -0.05) is 26.7 Å². The molecule has 0 aliphatic carbocycles. The third kappa shape index (κ3) is 5.60. The molecule has 136 valence electrons. The molecule has 1 aromatic rings. The number of amides is 1. The molecule has 5 nitrogen and oxygen atoms in total. The summed E-state index contributed by atoms with van der Waals surface area (Å²) in [6.45, 7) is 9.90. The van der Waals surface area contributed by atoms with E-state index in [1.807, 2.05) is 13.8 Å². The summed E-state index contributed by atoms with van der Waals surface area (Å²) in [7, 11) is -2.22. The van der Waals surface area contributed by atoms with Crippen molar-refractivity contribution in [3.8, 4) is 0 Å². The summed E-state index contributed by atoms with van der Waals surface area (Å²) < 4.78 is 26.6. The van der Waals surface area contributed by atoms with Gasteiger partial charge in [-0.15, -0.1) is 0 Å². The van der Waals surface area contributed by atoms with Crippen LogP contribution in [-0.2, 0) is 10.0 Å². The molecule has 0 saturated heterocycles. The fourth-order valence-electron chi connectivity index (χ4n) is 2.56. The Hall–Kier alpha value is -1.40. The Morgan fingerprint density at radius 1 is 1.12 bits per heavy atom. The van der Waals surface area contributed by atoms with Crippen molar-refractivity contribution in [2.24, 2.45) is 5.92 Å². The normalized spacial score (nSPS) is 13.1. The number of nitrogens with one attached hydrogen (secondary N) is 2. The van der Waals surface area contributed by atoms with Crippen molar-refractivity contribution in [2.45, 2.75) is 64.8 Å². The van der Waals surface area contributed by atoms with E-state index in [9.17, 15) is 13.2 Å². The van der Waals surface area contributed by atoms with E-state index in [0.29, 0.717) is 17.0 Å². The van der Waals surface area contributed by atoms with Crippen LogP contribution in [0.5, 0.6) is 0 Å². The molecule has 0 saturated carbocycles. The van der Waals surface area contributed by atoms with E-state index in [0.717, 1.165) is 24.8 Å². The molecule has 1 rings (SSSR count). The summed E-state index contributed by atoms with van der Waals surface area (Å²) in [5.74, 6) is 0.421. The topological polar surface area (TPSA) is 75.3 Å². The highest BCUT2D eigenvalue weighted by Gasteiger charge is 2.20. The molecule has 0 aliphatic rings. The lowest BCUT2D eigenvalue weighted by molar-refractivity contribution is 0.0937. The fraction of sp³-hybridized carbons (Fsp3) is 0.611. The summed E-state index contributed by atoms with van der Waals surface area (Å²) in [5, 5.41) is 2.96. The number of carbonyl (C=O) groups excluding carboxylic acids is 1. The van der Waals surface area contributed by atoms with Crippen LogP contribution in [0.2, 0.25) is 0 Å². The summed E-state index contributed by atoms with van der Waals surface area (Å²) in [6, 6.07) is 3.24. The Bertz CT molecular complexity index is 682. The van der Waals surface area contributed by atoms with Crippen molar-refractivity contribution in [2.75, 3.05) is 7.05 Å². The third-order valence-electron chi connectivity index (χ3n) is 4.24. The van der Waals surface area contributed by atoms with Crippen LogP contribution >= 0.6 is 0 Å². The first-order valence-electron chi connectivity index (χ1n) is 8.44. The van der Waals surface area contributed by atoms with Crippen LogP contribution in [0, 0.1) is 19.8 Å². The molecule has 0 fully saturated rings. The van der Waals surface area contributed by atoms with Gasteiger partial charge in [-0.3, -0.25) is 4.79 Å². The van der Waals surface area contributed by atoms with Crippen LogP contribution < -0.4 is 10.0 Å². The first-order valence-corrected chi connectivity index (χ1v) is 9.92. The summed E-state index contributed by atoms with van der Waals surface area (Å²) >= 11 is 0. The van der Waals surface area contributed by atoms with E-state index >= 15 is 0 Å². The van der Waals surface area contributed by atoms with Crippen LogP contribution in [-0.4, -0.2) is 27.4 Å². The molecule has 1 atom stereocenters. The van der Waals surface area contributed by atoms with Crippen LogP contribution in [0.15, 0.2) is 17.0 Å². The molecule has 0 spiro atoms. The lowest BCUT2D eigenvalue weighted by atomic mass is 10.0. The van der Waals surface area contributed by atoms with E-state index in [1.165, 1.54) is 13.1 Å². The van der Waals surface area contributed by atoms with E-state index in [2.05, 4.69) is 23.9 Å². The molecule has 1 amide bonds. The number of hydrogen-bond acceptors (Lipinski definition) is 3. The number of sulfonamides is 1. The maximum atomic E-state index is 12.5. The fourth-order valence-corrected chi connectivity index (χ4v) is 3.62. The lowest BCUT2D eigenvalue weighted by Gasteiger charge is -2.16. The summed E-state index contributed by atoms with van der Waals surface area (Å²) in [4.78, 5) is 12.6. The minimum Gasteiger partial charge on any atom is -0.350 e. The molecular weight excluding hydrogens is 324 g/mol. The maximum absolute atomic E-state index is 12.5.